The first-order valence-electron chi connectivity index (χ1n) is 8.73. The van der Waals surface area contributed by atoms with E-state index in [-0.39, 0.29) is 6.10 Å². The zero-order chi connectivity index (χ0) is 15.1. The van der Waals surface area contributed by atoms with Gasteiger partial charge < -0.3 is 10.0 Å². The van der Waals surface area contributed by atoms with Crippen LogP contribution in [0.5, 0.6) is 0 Å². The fourth-order valence-electron chi connectivity index (χ4n) is 4.20. The third-order valence-corrected chi connectivity index (χ3v) is 5.79. The Morgan fingerprint density at radius 3 is 2.73 bits per heavy atom. The molecule has 2 atom stereocenters. The van der Waals surface area contributed by atoms with E-state index in [9.17, 15) is 5.11 Å². The molecule has 120 valence electrons. The first kappa shape index (κ1) is 14.4. The van der Waals surface area contributed by atoms with Gasteiger partial charge in [0.15, 0.2) is 5.82 Å². The van der Waals surface area contributed by atoms with Gasteiger partial charge in [-0.15, -0.1) is 5.10 Å². The Labute approximate surface area is 132 Å². The van der Waals surface area contributed by atoms with Crippen molar-refractivity contribution in [1.82, 2.24) is 15.1 Å². The van der Waals surface area contributed by atoms with Crippen LogP contribution < -0.4 is 4.90 Å². The molecule has 1 aromatic rings. The van der Waals surface area contributed by atoms with E-state index in [0.29, 0.717) is 12.1 Å². The maximum Gasteiger partial charge on any atom is 0.151 e. The molecule has 1 aliphatic heterocycles. The van der Waals surface area contributed by atoms with Gasteiger partial charge in [0.2, 0.25) is 0 Å². The van der Waals surface area contributed by atoms with Crippen LogP contribution in [-0.4, -0.2) is 58.5 Å². The number of rotatable bonds is 3. The Hall–Kier alpha value is -1.20. The van der Waals surface area contributed by atoms with Crippen molar-refractivity contribution in [1.29, 1.82) is 0 Å². The molecular weight excluding hydrogens is 276 g/mol. The molecule has 2 heterocycles. The number of hydrogen-bond donors (Lipinski definition) is 1. The topological polar surface area (TPSA) is 52.5 Å². The van der Waals surface area contributed by atoms with Gasteiger partial charge in [0.1, 0.15) is 0 Å². The second-order valence-electron chi connectivity index (χ2n) is 7.17. The summed E-state index contributed by atoms with van der Waals surface area (Å²) < 4.78 is 0. The molecule has 1 saturated heterocycles. The van der Waals surface area contributed by atoms with Gasteiger partial charge in [-0.25, -0.2) is 0 Å². The molecular formula is C17H26N4O. The van der Waals surface area contributed by atoms with Crippen molar-refractivity contribution in [2.75, 3.05) is 25.0 Å². The van der Waals surface area contributed by atoms with Crippen LogP contribution in [0.15, 0.2) is 6.07 Å². The number of aliphatic hydroxyl groups excluding tert-OH is 1. The van der Waals surface area contributed by atoms with Crippen molar-refractivity contribution < 1.29 is 5.11 Å². The van der Waals surface area contributed by atoms with Gasteiger partial charge >= 0.3 is 0 Å². The highest BCUT2D eigenvalue weighted by Crippen LogP contribution is 2.30. The molecule has 2 fully saturated rings. The Bertz CT molecular complexity index is 543. The quantitative estimate of drug-likeness (QED) is 0.914. The Kier molecular flexibility index (Phi) is 3.78. The van der Waals surface area contributed by atoms with Gasteiger partial charge in [0.05, 0.1) is 11.8 Å². The number of nitrogens with zero attached hydrogens (tertiary/aromatic N) is 4. The van der Waals surface area contributed by atoms with Crippen molar-refractivity contribution in [3.05, 3.63) is 17.3 Å². The van der Waals surface area contributed by atoms with E-state index in [2.05, 4.69) is 33.1 Å². The highest BCUT2D eigenvalue weighted by molar-refractivity contribution is 5.45. The minimum atomic E-state index is -0.136. The maximum absolute atomic E-state index is 10.1. The summed E-state index contributed by atoms with van der Waals surface area (Å²) >= 11 is 0. The fourth-order valence-corrected chi connectivity index (χ4v) is 4.20. The van der Waals surface area contributed by atoms with Crippen LogP contribution in [0, 0.1) is 0 Å². The normalized spacial score (nSPS) is 28.8. The van der Waals surface area contributed by atoms with Crippen LogP contribution >= 0.6 is 0 Å². The average molecular weight is 302 g/mol. The van der Waals surface area contributed by atoms with Gasteiger partial charge in [-0.2, -0.15) is 5.10 Å². The van der Waals surface area contributed by atoms with Crippen LogP contribution in [0.1, 0.15) is 43.4 Å². The summed E-state index contributed by atoms with van der Waals surface area (Å²) in [5.41, 5.74) is 2.61. The smallest absolute Gasteiger partial charge is 0.151 e. The zero-order valence-electron chi connectivity index (χ0n) is 13.4. The van der Waals surface area contributed by atoms with Gasteiger partial charge in [-0.05, 0) is 63.6 Å². The summed E-state index contributed by atoms with van der Waals surface area (Å²) in [5, 5.41) is 18.9. The largest absolute Gasteiger partial charge is 0.391 e. The molecule has 3 aliphatic rings. The molecule has 1 N–H and O–H groups in total. The lowest BCUT2D eigenvalue weighted by Crippen LogP contribution is -2.62. The molecule has 2 aliphatic carbocycles. The van der Waals surface area contributed by atoms with Crippen molar-refractivity contribution in [2.24, 2.45) is 0 Å². The van der Waals surface area contributed by atoms with Gasteiger partial charge in [0.25, 0.3) is 0 Å². The van der Waals surface area contributed by atoms with E-state index in [4.69, 9.17) is 0 Å². The Balaban J connectivity index is 1.38. The summed E-state index contributed by atoms with van der Waals surface area (Å²) in [4.78, 5) is 4.71. The molecule has 0 bridgehead atoms. The van der Waals surface area contributed by atoms with Crippen LogP contribution in [0.3, 0.4) is 0 Å². The van der Waals surface area contributed by atoms with E-state index in [1.54, 1.807) is 0 Å². The van der Waals surface area contributed by atoms with Crippen molar-refractivity contribution in [3.63, 3.8) is 0 Å². The molecule has 0 spiro atoms. The molecule has 2 unspecified atom stereocenters. The van der Waals surface area contributed by atoms with Crippen molar-refractivity contribution >= 4 is 5.82 Å². The second kappa shape index (κ2) is 5.78. The van der Waals surface area contributed by atoms with Gasteiger partial charge in [-0.3, -0.25) is 4.90 Å². The lowest BCUT2D eigenvalue weighted by atomic mass is 9.96. The number of fused-ring (bicyclic) bond motifs is 1. The molecule has 0 radical (unpaired) electrons. The Morgan fingerprint density at radius 1 is 1.14 bits per heavy atom. The van der Waals surface area contributed by atoms with E-state index in [1.165, 1.54) is 24.1 Å². The SMILES string of the molecule is CN(C1CN(c2cc3c(nn2)CCCC3)C1)C1CCCC1O. The number of aryl methyl sites for hydroxylation is 2. The van der Waals surface area contributed by atoms with Gasteiger partial charge in [-0.1, -0.05) is 0 Å². The summed E-state index contributed by atoms with van der Waals surface area (Å²) in [7, 11) is 2.17. The molecule has 0 aromatic carbocycles. The molecule has 4 rings (SSSR count). The lowest BCUT2D eigenvalue weighted by Gasteiger charge is -2.47. The first-order valence-corrected chi connectivity index (χ1v) is 8.73. The minimum absolute atomic E-state index is 0.136. The van der Waals surface area contributed by atoms with Crippen LogP contribution in [0.25, 0.3) is 0 Å². The Morgan fingerprint density at radius 2 is 1.95 bits per heavy atom. The summed E-state index contributed by atoms with van der Waals surface area (Å²) in [6.07, 6.45) is 7.89. The predicted molar refractivity (Wildman–Crippen MR) is 86.1 cm³/mol. The maximum atomic E-state index is 10.1. The van der Waals surface area contributed by atoms with E-state index in [1.807, 2.05) is 0 Å². The zero-order valence-corrected chi connectivity index (χ0v) is 13.4. The third-order valence-electron chi connectivity index (χ3n) is 5.79. The van der Waals surface area contributed by atoms with Crippen LogP contribution in [0.2, 0.25) is 0 Å². The first-order chi connectivity index (χ1) is 10.7. The van der Waals surface area contributed by atoms with E-state index < -0.39 is 0 Å². The number of aromatic nitrogens is 2. The summed E-state index contributed by atoms with van der Waals surface area (Å²) in [6, 6.07) is 3.14. The number of anilines is 1. The lowest BCUT2D eigenvalue weighted by molar-refractivity contribution is 0.0525. The predicted octanol–water partition coefficient (Wildman–Crippen LogP) is 1.39. The summed E-state index contributed by atoms with van der Waals surface area (Å²) in [5.74, 6) is 1.04. The fraction of sp³-hybridized carbons (Fsp3) is 0.765. The van der Waals surface area contributed by atoms with E-state index >= 15 is 0 Å². The molecule has 1 aromatic heterocycles. The molecule has 0 amide bonds. The molecule has 5 nitrogen and oxygen atoms in total. The highest BCUT2D eigenvalue weighted by Gasteiger charge is 2.38. The average Bonchev–Trinajstić information content (AvgIpc) is 2.91. The monoisotopic (exact) mass is 302 g/mol. The highest BCUT2D eigenvalue weighted by atomic mass is 16.3. The van der Waals surface area contributed by atoms with E-state index in [0.717, 1.165) is 51.0 Å². The van der Waals surface area contributed by atoms with Crippen LogP contribution in [0.4, 0.5) is 5.82 Å². The standard InChI is InChI=1S/C17H26N4O/c1-20(15-7-4-8-16(15)22)13-10-21(11-13)17-9-12-5-2-3-6-14(12)18-19-17/h9,13,15-16,22H,2-8,10-11H2,1H3. The molecule has 1 saturated carbocycles. The summed E-state index contributed by atoms with van der Waals surface area (Å²) in [6.45, 7) is 2.01. The minimum Gasteiger partial charge on any atom is -0.391 e. The number of likely N-dealkylation sites (N-methyl/N-ethyl adjacent to an activating group) is 1. The molecule has 5 heteroatoms. The van der Waals surface area contributed by atoms with Crippen molar-refractivity contribution in [3.8, 4) is 0 Å². The van der Waals surface area contributed by atoms with Gasteiger partial charge in [0, 0.05) is 25.2 Å². The third kappa shape index (κ3) is 2.50. The molecule has 22 heavy (non-hydrogen) atoms. The number of hydrogen-bond acceptors (Lipinski definition) is 5. The number of aliphatic hydroxyl groups is 1. The van der Waals surface area contributed by atoms with Crippen LogP contribution in [-0.2, 0) is 12.8 Å². The van der Waals surface area contributed by atoms with Crippen molar-refractivity contribution in [2.45, 2.75) is 63.1 Å². The second-order valence-corrected chi connectivity index (χ2v) is 7.17.